The molecule has 1 aliphatic heterocycles. The normalized spacial score (nSPS) is 26.2. The van der Waals surface area contributed by atoms with Crippen LogP contribution in [0.1, 0.15) is 50.3 Å². The fourth-order valence-electron chi connectivity index (χ4n) is 2.37. The molecule has 0 spiro atoms. The van der Waals surface area contributed by atoms with Crippen molar-refractivity contribution in [3.05, 3.63) is 21.9 Å². The van der Waals surface area contributed by atoms with Crippen molar-refractivity contribution in [3.63, 3.8) is 0 Å². The van der Waals surface area contributed by atoms with Gasteiger partial charge in [0, 0.05) is 15.3 Å². The second kappa shape index (κ2) is 4.15. The van der Waals surface area contributed by atoms with Crippen LogP contribution in [0.2, 0.25) is 0 Å². The van der Waals surface area contributed by atoms with Crippen LogP contribution in [0.15, 0.2) is 12.1 Å². The highest BCUT2D eigenvalue weighted by molar-refractivity contribution is 7.12. The first-order valence-corrected chi connectivity index (χ1v) is 7.05. The Morgan fingerprint density at radius 3 is 2.62 bits per heavy atom. The Morgan fingerprint density at radius 2 is 2.12 bits per heavy atom. The molecule has 0 bridgehead atoms. The van der Waals surface area contributed by atoms with Gasteiger partial charge in [-0.1, -0.05) is 20.8 Å². The van der Waals surface area contributed by atoms with Crippen LogP contribution in [-0.4, -0.2) is 12.1 Å². The minimum atomic E-state index is 0.299. The van der Waals surface area contributed by atoms with E-state index in [0.717, 1.165) is 0 Å². The van der Waals surface area contributed by atoms with Gasteiger partial charge in [0.05, 0.1) is 0 Å². The van der Waals surface area contributed by atoms with Crippen LogP contribution >= 0.6 is 11.3 Å². The predicted octanol–water partition coefficient (Wildman–Crippen LogP) is 3.73. The third-order valence-electron chi connectivity index (χ3n) is 3.42. The van der Waals surface area contributed by atoms with Gasteiger partial charge in [0.15, 0.2) is 0 Å². The van der Waals surface area contributed by atoms with Gasteiger partial charge in [0.2, 0.25) is 0 Å². The minimum Gasteiger partial charge on any atom is -0.311 e. The van der Waals surface area contributed by atoms with E-state index in [1.54, 1.807) is 0 Å². The maximum atomic E-state index is 3.64. The van der Waals surface area contributed by atoms with Crippen LogP contribution < -0.4 is 5.32 Å². The van der Waals surface area contributed by atoms with Gasteiger partial charge in [-0.2, -0.15) is 0 Å². The Kier molecular flexibility index (Phi) is 3.15. The van der Waals surface area contributed by atoms with Crippen molar-refractivity contribution in [2.24, 2.45) is 0 Å². The zero-order valence-electron chi connectivity index (χ0n) is 10.9. The predicted molar refractivity (Wildman–Crippen MR) is 72.4 cm³/mol. The van der Waals surface area contributed by atoms with Gasteiger partial charge >= 0.3 is 0 Å². The zero-order chi connectivity index (χ0) is 11.8. The van der Waals surface area contributed by atoms with Crippen molar-refractivity contribution in [3.8, 4) is 0 Å². The molecule has 1 aliphatic rings. The summed E-state index contributed by atoms with van der Waals surface area (Å²) in [5.41, 5.74) is 0.646. The minimum absolute atomic E-state index is 0.299. The molecule has 1 nitrogen and oxygen atoms in total. The number of nitrogens with one attached hydrogen (secondary N) is 1. The van der Waals surface area contributed by atoms with E-state index in [2.05, 4.69) is 45.1 Å². The summed E-state index contributed by atoms with van der Waals surface area (Å²) in [7, 11) is 0. The summed E-state index contributed by atoms with van der Waals surface area (Å²) in [5.74, 6) is 0. The molecule has 0 saturated carbocycles. The van der Waals surface area contributed by atoms with Gasteiger partial charge in [-0.25, -0.2) is 0 Å². The largest absolute Gasteiger partial charge is 0.311 e. The van der Waals surface area contributed by atoms with Gasteiger partial charge in [-0.15, -0.1) is 11.3 Å². The van der Waals surface area contributed by atoms with E-state index in [4.69, 9.17) is 0 Å². The van der Waals surface area contributed by atoms with E-state index in [-0.39, 0.29) is 0 Å². The summed E-state index contributed by atoms with van der Waals surface area (Å²) < 4.78 is 0. The molecule has 2 heterocycles. The molecular weight excluding hydrogens is 214 g/mol. The van der Waals surface area contributed by atoms with E-state index in [1.807, 2.05) is 11.3 Å². The second-order valence-electron chi connectivity index (χ2n) is 6.28. The Bertz CT molecular complexity index is 353. The van der Waals surface area contributed by atoms with E-state index in [9.17, 15) is 0 Å². The maximum Gasteiger partial charge on any atom is 0.0201 e. The molecule has 2 heteroatoms. The van der Waals surface area contributed by atoms with Crippen molar-refractivity contribution in [2.75, 3.05) is 6.54 Å². The SMILES string of the molecule is CC1(Cc2ccc(C(C)(C)C)s2)CCCN1. The first-order chi connectivity index (χ1) is 7.39. The van der Waals surface area contributed by atoms with Crippen LogP contribution in [0.4, 0.5) is 0 Å². The van der Waals surface area contributed by atoms with Crippen molar-refractivity contribution in [1.82, 2.24) is 5.32 Å². The van der Waals surface area contributed by atoms with Gasteiger partial charge in [0.25, 0.3) is 0 Å². The summed E-state index contributed by atoms with van der Waals surface area (Å²) in [6.45, 7) is 10.4. The number of hydrogen-bond acceptors (Lipinski definition) is 2. The van der Waals surface area contributed by atoms with Crippen molar-refractivity contribution in [2.45, 2.75) is 57.9 Å². The third-order valence-corrected chi connectivity index (χ3v) is 4.93. The first-order valence-electron chi connectivity index (χ1n) is 6.23. The van der Waals surface area contributed by atoms with Gasteiger partial charge < -0.3 is 5.32 Å². The molecule has 0 aromatic carbocycles. The van der Waals surface area contributed by atoms with Crippen LogP contribution in [0.25, 0.3) is 0 Å². The van der Waals surface area contributed by atoms with Gasteiger partial charge in [-0.3, -0.25) is 0 Å². The first kappa shape index (κ1) is 12.1. The topological polar surface area (TPSA) is 12.0 Å². The maximum absolute atomic E-state index is 3.64. The molecule has 1 atom stereocenters. The number of rotatable bonds is 2. The highest BCUT2D eigenvalue weighted by atomic mass is 32.1. The van der Waals surface area contributed by atoms with E-state index < -0.39 is 0 Å². The summed E-state index contributed by atoms with van der Waals surface area (Å²) in [4.78, 5) is 3.03. The quantitative estimate of drug-likeness (QED) is 0.826. The van der Waals surface area contributed by atoms with Crippen LogP contribution in [0.3, 0.4) is 0 Å². The Morgan fingerprint density at radius 1 is 1.38 bits per heavy atom. The van der Waals surface area contributed by atoms with Crippen LogP contribution in [0.5, 0.6) is 0 Å². The molecule has 0 aliphatic carbocycles. The lowest BCUT2D eigenvalue weighted by atomic mass is 9.94. The van der Waals surface area contributed by atoms with Gasteiger partial charge in [0.1, 0.15) is 0 Å². The van der Waals surface area contributed by atoms with E-state index in [1.165, 1.54) is 35.6 Å². The molecule has 2 rings (SSSR count). The lowest BCUT2D eigenvalue weighted by Crippen LogP contribution is -2.38. The lowest BCUT2D eigenvalue weighted by molar-refractivity contribution is 0.415. The molecule has 1 saturated heterocycles. The Balaban J connectivity index is 2.08. The van der Waals surface area contributed by atoms with Crippen molar-refractivity contribution >= 4 is 11.3 Å². The molecule has 1 unspecified atom stereocenters. The molecule has 1 aromatic heterocycles. The molecule has 16 heavy (non-hydrogen) atoms. The van der Waals surface area contributed by atoms with Crippen molar-refractivity contribution < 1.29 is 0 Å². The highest BCUT2D eigenvalue weighted by Crippen LogP contribution is 2.32. The molecular formula is C14H23NS. The lowest BCUT2D eigenvalue weighted by Gasteiger charge is -2.23. The average molecular weight is 237 g/mol. The third kappa shape index (κ3) is 2.67. The molecule has 1 fully saturated rings. The van der Waals surface area contributed by atoms with Crippen LogP contribution in [-0.2, 0) is 11.8 Å². The van der Waals surface area contributed by atoms with Crippen LogP contribution in [0, 0.1) is 0 Å². The summed E-state index contributed by atoms with van der Waals surface area (Å²) in [6.07, 6.45) is 3.83. The molecule has 0 radical (unpaired) electrons. The molecule has 1 N–H and O–H groups in total. The van der Waals surface area contributed by atoms with E-state index in [0.29, 0.717) is 11.0 Å². The fourth-order valence-corrected chi connectivity index (χ4v) is 3.62. The smallest absolute Gasteiger partial charge is 0.0201 e. The number of hydrogen-bond donors (Lipinski definition) is 1. The molecule has 0 amide bonds. The molecule has 1 aromatic rings. The second-order valence-corrected chi connectivity index (χ2v) is 7.45. The zero-order valence-corrected chi connectivity index (χ0v) is 11.7. The van der Waals surface area contributed by atoms with Crippen molar-refractivity contribution in [1.29, 1.82) is 0 Å². The highest BCUT2D eigenvalue weighted by Gasteiger charge is 2.29. The average Bonchev–Trinajstić information content (AvgIpc) is 2.74. The van der Waals surface area contributed by atoms with E-state index >= 15 is 0 Å². The summed E-state index contributed by atoms with van der Waals surface area (Å²) in [5, 5.41) is 3.64. The summed E-state index contributed by atoms with van der Waals surface area (Å²) >= 11 is 1.99. The standard InChI is InChI=1S/C14H23NS/c1-13(2,3)12-7-6-11(16-12)10-14(4)8-5-9-15-14/h6-7,15H,5,8-10H2,1-4H3. The molecule has 90 valence electrons. The Labute approximate surface area is 103 Å². The summed E-state index contributed by atoms with van der Waals surface area (Å²) in [6, 6.07) is 4.62. The number of thiophene rings is 1. The fraction of sp³-hybridized carbons (Fsp3) is 0.714. The Hall–Kier alpha value is -0.340. The van der Waals surface area contributed by atoms with Gasteiger partial charge in [-0.05, 0) is 50.3 Å². The monoisotopic (exact) mass is 237 g/mol.